The summed E-state index contributed by atoms with van der Waals surface area (Å²) in [7, 11) is -0.898. The molecule has 0 spiro atoms. The van der Waals surface area contributed by atoms with Gasteiger partial charge in [0.25, 0.3) is 10.0 Å². The molecule has 1 unspecified atom stereocenters. The molecule has 1 aromatic heterocycles. The zero-order chi connectivity index (χ0) is 18.6. The van der Waals surface area contributed by atoms with Gasteiger partial charge in [0.05, 0.1) is 38.8 Å². The van der Waals surface area contributed by atoms with E-state index in [4.69, 9.17) is 14.2 Å². The van der Waals surface area contributed by atoms with Crippen molar-refractivity contribution >= 4 is 15.7 Å². The second-order valence-electron chi connectivity index (χ2n) is 6.06. The minimum atomic E-state index is -3.82. The third-order valence-corrected chi connectivity index (χ3v) is 5.63. The highest BCUT2D eigenvalue weighted by molar-refractivity contribution is 7.92. The normalized spacial score (nSPS) is 17.7. The van der Waals surface area contributed by atoms with Crippen LogP contribution >= 0.6 is 0 Å². The van der Waals surface area contributed by atoms with Crippen LogP contribution in [-0.4, -0.2) is 45.1 Å². The number of hydrogen-bond acceptors (Lipinski definition) is 6. The first-order valence-electron chi connectivity index (χ1n) is 8.41. The molecule has 26 heavy (non-hydrogen) atoms. The number of aromatic nitrogens is 2. The van der Waals surface area contributed by atoms with Gasteiger partial charge in [-0.1, -0.05) is 0 Å². The molecule has 0 amide bonds. The molecule has 2 aromatic rings. The van der Waals surface area contributed by atoms with Crippen LogP contribution in [0.2, 0.25) is 0 Å². The summed E-state index contributed by atoms with van der Waals surface area (Å²) < 4.78 is 45.6. The van der Waals surface area contributed by atoms with Gasteiger partial charge in [0, 0.05) is 18.9 Å². The van der Waals surface area contributed by atoms with E-state index in [-0.39, 0.29) is 16.7 Å². The van der Waals surface area contributed by atoms with Crippen molar-refractivity contribution < 1.29 is 22.6 Å². The fraction of sp³-hybridized carbons (Fsp3) is 0.471. The maximum Gasteiger partial charge on any atom is 0.265 e. The molecule has 1 N–H and O–H groups in total. The van der Waals surface area contributed by atoms with Crippen molar-refractivity contribution in [2.24, 2.45) is 0 Å². The van der Waals surface area contributed by atoms with E-state index in [1.807, 2.05) is 0 Å². The third kappa shape index (κ3) is 4.28. The minimum Gasteiger partial charge on any atom is -0.497 e. The molecule has 0 radical (unpaired) electrons. The number of benzene rings is 1. The highest BCUT2D eigenvalue weighted by Gasteiger charge is 2.21. The van der Waals surface area contributed by atoms with E-state index in [2.05, 4.69) is 9.82 Å². The Balaban J connectivity index is 1.73. The van der Waals surface area contributed by atoms with Gasteiger partial charge >= 0.3 is 0 Å². The van der Waals surface area contributed by atoms with Gasteiger partial charge in [-0.3, -0.25) is 9.40 Å². The lowest BCUT2D eigenvalue weighted by Crippen LogP contribution is -2.24. The Labute approximate surface area is 153 Å². The highest BCUT2D eigenvalue weighted by Crippen LogP contribution is 2.29. The van der Waals surface area contributed by atoms with E-state index < -0.39 is 10.0 Å². The topological polar surface area (TPSA) is 91.7 Å². The lowest BCUT2D eigenvalue weighted by atomic mass is 10.1. The molecule has 9 heteroatoms. The van der Waals surface area contributed by atoms with Crippen molar-refractivity contribution in [1.82, 2.24) is 9.78 Å². The number of rotatable bonds is 7. The molecule has 1 aromatic carbocycles. The molecule has 142 valence electrons. The van der Waals surface area contributed by atoms with Crippen molar-refractivity contribution in [3.63, 3.8) is 0 Å². The highest BCUT2D eigenvalue weighted by atomic mass is 32.2. The molecule has 1 atom stereocenters. The molecule has 1 saturated heterocycles. The molecule has 0 bridgehead atoms. The molecule has 3 rings (SSSR count). The Morgan fingerprint density at radius 2 is 2.15 bits per heavy atom. The lowest BCUT2D eigenvalue weighted by molar-refractivity contribution is 0.00401. The van der Waals surface area contributed by atoms with Gasteiger partial charge in [-0.25, -0.2) is 8.42 Å². The molecule has 2 heterocycles. The summed E-state index contributed by atoms with van der Waals surface area (Å²) in [6.07, 6.45) is 6.48. The molecule has 8 nitrogen and oxygen atoms in total. The number of hydrogen-bond donors (Lipinski definition) is 1. The smallest absolute Gasteiger partial charge is 0.265 e. The maximum atomic E-state index is 12.7. The minimum absolute atomic E-state index is 0.0316. The summed E-state index contributed by atoms with van der Waals surface area (Å²) in [5.74, 6) is 0.723. The first-order chi connectivity index (χ1) is 12.5. The number of ether oxygens (including phenoxy) is 3. The third-order valence-electron chi connectivity index (χ3n) is 4.21. The van der Waals surface area contributed by atoms with Crippen molar-refractivity contribution in [2.45, 2.75) is 36.8 Å². The number of nitrogens with zero attached hydrogens (tertiary/aromatic N) is 2. The van der Waals surface area contributed by atoms with Crippen LogP contribution in [0.4, 0.5) is 5.69 Å². The molecular formula is C17H23N3O5S. The number of anilines is 1. The zero-order valence-electron chi connectivity index (χ0n) is 14.8. The largest absolute Gasteiger partial charge is 0.497 e. The lowest BCUT2D eigenvalue weighted by Gasteiger charge is -2.22. The first-order valence-corrected chi connectivity index (χ1v) is 9.89. The van der Waals surface area contributed by atoms with E-state index in [0.717, 1.165) is 25.9 Å². The van der Waals surface area contributed by atoms with Crippen LogP contribution in [0, 0.1) is 0 Å². The average Bonchev–Trinajstić information content (AvgIpc) is 3.07. The molecule has 0 saturated carbocycles. The van der Waals surface area contributed by atoms with E-state index in [1.54, 1.807) is 16.9 Å². The Hall–Kier alpha value is -2.26. The average molecular weight is 381 g/mol. The van der Waals surface area contributed by atoms with E-state index in [1.165, 1.54) is 32.5 Å². The number of methoxy groups -OCH3 is 2. The maximum absolute atomic E-state index is 12.7. The van der Waals surface area contributed by atoms with Gasteiger partial charge < -0.3 is 14.2 Å². The second kappa shape index (κ2) is 7.96. The predicted molar refractivity (Wildman–Crippen MR) is 96.2 cm³/mol. The van der Waals surface area contributed by atoms with E-state index >= 15 is 0 Å². The van der Waals surface area contributed by atoms with Crippen molar-refractivity contribution in [1.29, 1.82) is 0 Å². The quantitative estimate of drug-likeness (QED) is 0.791. The summed E-state index contributed by atoms with van der Waals surface area (Å²) in [5, 5.41) is 4.22. The van der Waals surface area contributed by atoms with Gasteiger partial charge in [-0.2, -0.15) is 5.10 Å². The van der Waals surface area contributed by atoms with Gasteiger partial charge in [0.15, 0.2) is 0 Å². The fourth-order valence-electron chi connectivity index (χ4n) is 2.88. The van der Waals surface area contributed by atoms with E-state index in [9.17, 15) is 8.42 Å². The molecule has 1 aliphatic rings. The van der Waals surface area contributed by atoms with Crippen molar-refractivity contribution in [2.75, 3.05) is 25.5 Å². The SMILES string of the molecule is COc1ccc(S(=O)(=O)Nc2cnn(CC3CCCCO3)c2)c(OC)c1. The standard InChI is InChI=1S/C17H23N3O5S/c1-23-14-6-7-17(16(9-14)24-2)26(21,22)19-13-10-18-20(11-13)12-15-5-3-4-8-25-15/h6-7,9-11,15,19H,3-5,8,12H2,1-2H3. The van der Waals surface area contributed by atoms with Crippen LogP contribution in [0.3, 0.4) is 0 Å². The Morgan fingerprint density at radius 1 is 1.31 bits per heavy atom. The van der Waals surface area contributed by atoms with Crippen molar-refractivity contribution in [3.8, 4) is 11.5 Å². The zero-order valence-corrected chi connectivity index (χ0v) is 15.7. The van der Waals surface area contributed by atoms with Gasteiger partial charge in [0.1, 0.15) is 16.4 Å². The summed E-state index contributed by atoms with van der Waals surface area (Å²) in [4.78, 5) is 0.0316. The van der Waals surface area contributed by atoms with Crippen LogP contribution < -0.4 is 14.2 Å². The first kappa shape index (κ1) is 18.5. The summed E-state index contributed by atoms with van der Waals surface area (Å²) in [6, 6.07) is 4.54. The Bertz CT molecular complexity index is 844. The van der Waals surface area contributed by atoms with E-state index in [0.29, 0.717) is 18.0 Å². The molecule has 1 fully saturated rings. The fourth-order valence-corrected chi connectivity index (χ4v) is 4.06. The van der Waals surface area contributed by atoms with Crippen LogP contribution in [0.25, 0.3) is 0 Å². The van der Waals surface area contributed by atoms with Crippen LogP contribution in [0.15, 0.2) is 35.5 Å². The molecular weight excluding hydrogens is 358 g/mol. The predicted octanol–water partition coefficient (Wildman–Crippen LogP) is 2.27. The van der Waals surface area contributed by atoms with Crippen LogP contribution in [0.5, 0.6) is 11.5 Å². The van der Waals surface area contributed by atoms with Crippen LogP contribution in [0.1, 0.15) is 19.3 Å². The number of nitrogens with one attached hydrogen (secondary N) is 1. The summed E-state index contributed by atoms with van der Waals surface area (Å²) in [5.41, 5.74) is 0.388. The monoisotopic (exact) mass is 381 g/mol. The Kier molecular flexibility index (Phi) is 5.67. The van der Waals surface area contributed by atoms with Gasteiger partial charge in [0.2, 0.25) is 0 Å². The van der Waals surface area contributed by atoms with Gasteiger partial charge in [-0.15, -0.1) is 0 Å². The Morgan fingerprint density at radius 3 is 2.85 bits per heavy atom. The van der Waals surface area contributed by atoms with Crippen LogP contribution in [-0.2, 0) is 21.3 Å². The number of sulfonamides is 1. The van der Waals surface area contributed by atoms with Crippen molar-refractivity contribution in [3.05, 3.63) is 30.6 Å². The molecule has 0 aliphatic carbocycles. The molecule has 1 aliphatic heterocycles. The summed E-state index contributed by atoms with van der Waals surface area (Å²) in [6.45, 7) is 1.37. The second-order valence-corrected chi connectivity index (χ2v) is 7.71. The van der Waals surface area contributed by atoms with Gasteiger partial charge in [-0.05, 0) is 31.4 Å². The summed E-state index contributed by atoms with van der Waals surface area (Å²) >= 11 is 0.